The average molecular weight is 339 g/mol. The maximum Gasteiger partial charge on any atom is 0.417 e. The Balaban J connectivity index is 1.70. The van der Waals surface area contributed by atoms with Crippen molar-refractivity contribution in [3.8, 4) is 5.69 Å². The smallest absolute Gasteiger partial charge is 0.380 e. The van der Waals surface area contributed by atoms with Gasteiger partial charge < -0.3 is 10.0 Å². The maximum absolute atomic E-state index is 12.8. The molecule has 1 saturated heterocycles. The summed E-state index contributed by atoms with van der Waals surface area (Å²) in [6.07, 6.45) is -2.79. The van der Waals surface area contributed by atoms with Crippen LogP contribution in [0.4, 0.5) is 13.2 Å². The van der Waals surface area contributed by atoms with Crippen molar-refractivity contribution < 1.29 is 23.1 Å². The SMILES string of the molecule is O=C(c1cnn(-c2ccccc2)c1)N1CCC(O)(C(F)(F)F)CC1. The molecule has 1 amide bonds. The fourth-order valence-corrected chi connectivity index (χ4v) is 2.70. The summed E-state index contributed by atoms with van der Waals surface area (Å²) in [4.78, 5) is 13.7. The van der Waals surface area contributed by atoms with Crippen molar-refractivity contribution in [1.29, 1.82) is 0 Å². The zero-order chi connectivity index (χ0) is 17.4. The van der Waals surface area contributed by atoms with Crippen LogP contribution in [0, 0.1) is 0 Å². The van der Waals surface area contributed by atoms with Crippen LogP contribution >= 0.6 is 0 Å². The third-order valence-corrected chi connectivity index (χ3v) is 4.26. The number of aromatic nitrogens is 2. The van der Waals surface area contributed by atoms with Crippen LogP contribution in [0.1, 0.15) is 23.2 Å². The van der Waals surface area contributed by atoms with Gasteiger partial charge in [0.15, 0.2) is 5.60 Å². The molecule has 0 atom stereocenters. The minimum atomic E-state index is -4.68. The predicted molar refractivity (Wildman–Crippen MR) is 79.7 cm³/mol. The van der Waals surface area contributed by atoms with Crippen molar-refractivity contribution in [1.82, 2.24) is 14.7 Å². The second-order valence-electron chi connectivity index (χ2n) is 5.83. The van der Waals surface area contributed by atoms with Gasteiger partial charge in [-0.2, -0.15) is 18.3 Å². The number of rotatable bonds is 2. The number of carbonyl (C=O) groups excluding carboxylic acids is 1. The Morgan fingerprint density at radius 2 is 1.79 bits per heavy atom. The zero-order valence-electron chi connectivity index (χ0n) is 12.7. The highest BCUT2D eigenvalue weighted by Gasteiger charge is 2.54. The fraction of sp³-hybridized carbons (Fsp3) is 0.375. The van der Waals surface area contributed by atoms with Gasteiger partial charge in [0.1, 0.15) is 0 Å². The van der Waals surface area contributed by atoms with E-state index in [0.29, 0.717) is 5.56 Å². The van der Waals surface area contributed by atoms with Crippen LogP contribution in [0.25, 0.3) is 5.69 Å². The summed E-state index contributed by atoms with van der Waals surface area (Å²) in [5, 5.41) is 13.8. The molecule has 8 heteroatoms. The standard InChI is InChI=1S/C16H16F3N3O2/c17-16(18,19)15(24)6-8-21(9-7-15)14(23)12-10-20-22(11-12)13-4-2-1-3-5-13/h1-5,10-11,24H,6-9H2. The number of carbonyl (C=O) groups is 1. The van der Waals surface area contributed by atoms with Crippen LogP contribution in [0.3, 0.4) is 0 Å². The van der Waals surface area contributed by atoms with Gasteiger partial charge in [-0.15, -0.1) is 0 Å². The van der Waals surface area contributed by atoms with Gasteiger partial charge in [-0.3, -0.25) is 4.79 Å². The molecular weight excluding hydrogens is 323 g/mol. The first kappa shape index (κ1) is 16.5. The third kappa shape index (κ3) is 3.01. The largest absolute Gasteiger partial charge is 0.417 e. The number of aliphatic hydroxyl groups is 1. The molecule has 0 bridgehead atoms. The number of halogens is 3. The van der Waals surface area contributed by atoms with Crippen LogP contribution in [0.5, 0.6) is 0 Å². The summed E-state index contributed by atoms with van der Waals surface area (Å²) < 4.78 is 39.9. The number of hydrogen-bond donors (Lipinski definition) is 1. The van der Waals surface area contributed by atoms with Gasteiger partial charge in [0, 0.05) is 32.1 Å². The highest BCUT2D eigenvalue weighted by atomic mass is 19.4. The highest BCUT2D eigenvalue weighted by molar-refractivity contribution is 5.93. The van der Waals surface area contributed by atoms with Crippen LogP contribution in [-0.2, 0) is 0 Å². The fourth-order valence-electron chi connectivity index (χ4n) is 2.70. The number of benzene rings is 1. The molecule has 0 spiro atoms. The van der Waals surface area contributed by atoms with Crippen molar-refractivity contribution in [2.75, 3.05) is 13.1 Å². The summed E-state index contributed by atoms with van der Waals surface area (Å²) in [7, 11) is 0. The van der Waals surface area contributed by atoms with Crippen LogP contribution in [0.15, 0.2) is 42.7 Å². The van der Waals surface area contributed by atoms with Gasteiger partial charge in [0.25, 0.3) is 5.91 Å². The molecule has 1 aromatic heterocycles. The van der Waals surface area contributed by atoms with E-state index in [1.165, 1.54) is 15.8 Å². The predicted octanol–water partition coefficient (Wildman–Crippen LogP) is 2.40. The molecular formula is C16H16F3N3O2. The summed E-state index contributed by atoms with van der Waals surface area (Å²) in [5.74, 6) is -0.388. The minimum Gasteiger partial charge on any atom is -0.380 e. The maximum atomic E-state index is 12.8. The normalized spacial score (nSPS) is 17.8. The lowest BCUT2D eigenvalue weighted by Crippen LogP contribution is -2.54. The van der Waals surface area contributed by atoms with Gasteiger partial charge in [0.05, 0.1) is 17.4 Å². The molecule has 3 rings (SSSR count). The first-order chi connectivity index (χ1) is 11.3. The quantitative estimate of drug-likeness (QED) is 0.914. The number of hydrogen-bond acceptors (Lipinski definition) is 3. The molecule has 2 heterocycles. The molecule has 128 valence electrons. The molecule has 0 saturated carbocycles. The van der Waals surface area contributed by atoms with E-state index in [2.05, 4.69) is 5.10 Å². The molecule has 5 nitrogen and oxygen atoms in total. The Hall–Kier alpha value is -2.35. The molecule has 0 aliphatic carbocycles. The van der Waals surface area contributed by atoms with Crippen LogP contribution in [-0.4, -0.2) is 50.6 Å². The zero-order valence-corrected chi connectivity index (χ0v) is 12.7. The third-order valence-electron chi connectivity index (χ3n) is 4.26. The van der Waals surface area contributed by atoms with Gasteiger partial charge in [-0.25, -0.2) is 4.68 Å². The topological polar surface area (TPSA) is 58.4 Å². The number of piperidine rings is 1. The monoisotopic (exact) mass is 339 g/mol. The Kier molecular flexibility index (Phi) is 4.08. The molecule has 1 aromatic carbocycles. The average Bonchev–Trinajstić information content (AvgIpc) is 3.05. The Bertz CT molecular complexity index is 720. The molecule has 0 radical (unpaired) electrons. The van der Waals surface area contributed by atoms with E-state index in [1.54, 1.807) is 6.20 Å². The van der Waals surface area contributed by atoms with E-state index >= 15 is 0 Å². The number of likely N-dealkylation sites (tertiary alicyclic amines) is 1. The molecule has 2 aromatic rings. The van der Waals surface area contributed by atoms with E-state index < -0.39 is 24.6 Å². The number of alkyl halides is 3. The summed E-state index contributed by atoms with van der Waals surface area (Å²) in [6.45, 7) is -0.295. The van der Waals surface area contributed by atoms with E-state index in [4.69, 9.17) is 0 Å². The lowest BCUT2D eigenvalue weighted by molar-refractivity contribution is -0.271. The van der Waals surface area contributed by atoms with Crippen molar-refractivity contribution in [2.45, 2.75) is 24.6 Å². The minimum absolute atomic E-state index is 0.147. The van der Waals surface area contributed by atoms with Gasteiger partial charge in [-0.1, -0.05) is 18.2 Å². The lowest BCUT2D eigenvalue weighted by Gasteiger charge is -2.38. The Morgan fingerprint density at radius 1 is 1.17 bits per heavy atom. The molecule has 1 N–H and O–H groups in total. The summed E-state index contributed by atoms with van der Waals surface area (Å²) in [5.41, 5.74) is -1.63. The van der Waals surface area contributed by atoms with Gasteiger partial charge in [0.2, 0.25) is 0 Å². The molecule has 24 heavy (non-hydrogen) atoms. The van der Waals surface area contributed by atoms with Gasteiger partial charge in [-0.05, 0) is 12.1 Å². The van der Waals surface area contributed by atoms with Crippen molar-refractivity contribution in [2.24, 2.45) is 0 Å². The second kappa shape index (κ2) is 5.94. The highest BCUT2D eigenvalue weighted by Crippen LogP contribution is 2.38. The second-order valence-corrected chi connectivity index (χ2v) is 5.83. The van der Waals surface area contributed by atoms with Crippen LogP contribution < -0.4 is 0 Å². The lowest BCUT2D eigenvalue weighted by atomic mass is 9.90. The van der Waals surface area contributed by atoms with Crippen molar-refractivity contribution in [3.63, 3.8) is 0 Å². The Labute approximate surface area is 136 Å². The van der Waals surface area contributed by atoms with E-state index in [9.17, 15) is 23.1 Å². The van der Waals surface area contributed by atoms with Crippen molar-refractivity contribution >= 4 is 5.91 Å². The first-order valence-electron chi connectivity index (χ1n) is 7.49. The Morgan fingerprint density at radius 3 is 2.38 bits per heavy atom. The number of nitrogens with zero attached hydrogens (tertiary/aromatic N) is 3. The van der Waals surface area contributed by atoms with E-state index in [-0.39, 0.29) is 19.0 Å². The van der Waals surface area contributed by atoms with Crippen LogP contribution in [0.2, 0.25) is 0 Å². The molecule has 1 aliphatic heterocycles. The van der Waals surface area contributed by atoms with Crippen molar-refractivity contribution in [3.05, 3.63) is 48.3 Å². The molecule has 1 aliphatic rings. The van der Waals surface area contributed by atoms with E-state index in [1.807, 2.05) is 30.3 Å². The summed E-state index contributed by atoms with van der Waals surface area (Å²) >= 11 is 0. The molecule has 0 unspecified atom stereocenters. The number of amides is 1. The summed E-state index contributed by atoms with van der Waals surface area (Å²) in [6, 6.07) is 9.17. The number of para-hydroxylation sites is 1. The van der Waals surface area contributed by atoms with Gasteiger partial charge >= 0.3 is 6.18 Å². The first-order valence-corrected chi connectivity index (χ1v) is 7.49. The van der Waals surface area contributed by atoms with E-state index in [0.717, 1.165) is 5.69 Å². The molecule has 1 fully saturated rings.